The molecule has 0 bridgehead atoms. The highest BCUT2D eigenvalue weighted by Gasteiger charge is 2.40. The average Bonchev–Trinajstić information content (AvgIpc) is 2.90. The molecule has 2 rings (SSSR count). The van der Waals surface area contributed by atoms with Gasteiger partial charge < -0.3 is 20.1 Å². The van der Waals surface area contributed by atoms with Crippen molar-refractivity contribution in [1.82, 2.24) is 10.2 Å². The molecule has 108 valence electrons. The van der Waals surface area contributed by atoms with Gasteiger partial charge in [0.2, 0.25) is 5.91 Å². The third-order valence-electron chi connectivity index (χ3n) is 4.04. The van der Waals surface area contributed by atoms with Crippen molar-refractivity contribution in [3.05, 3.63) is 0 Å². The number of carboxylic acids is 1. The Kier molecular flexibility index (Phi) is 4.76. The maximum absolute atomic E-state index is 12.5. The largest absolute Gasteiger partial charge is 0.481 e. The summed E-state index contributed by atoms with van der Waals surface area (Å²) in [7, 11) is 0. The van der Waals surface area contributed by atoms with Crippen molar-refractivity contribution >= 4 is 11.9 Å². The van der Waals surface area contributed by atoms with E-state index in [1.165, 1.54) is 0 Å². The van der Waals surface area contributed by atoms with Gasteiger partial charge in [0.1, 0.15) is 5.92 Å². The van der Waals surface area contributed by atoms with Crippen LogP contribution in [0.3, 0.4) is 0 Å². The molecule has 19 heavy (non-hydrogen) atoms. The van der Waals surface area contributed by atoms with Gasteiger partial charge in [0, 0.05) is 13.1 Å². The number of rotatable bonds is 4. The minimum atomic E-state index is -0.879. The van der Waals surface area contributed by atoms with E-state index in [1.54, 1.807) is 4.90 Å². The zero-order valence-corrected chi connectivity index (χ0v) is 11.3. The van der Waals surface area contributed by atoms with E-state index in [1.807, 2.05) is 6.92 Å². The average molecular weight is 270 g/mol. The van der Waals surface area contributed by atoms with E-state index in [0.29, 0.717) is 19.7 Å². The zero-order chi connectivity index (χ0) is 13.8. The SMILES string of the molecule is CCN(C(=O)[C@H]1CCCNC1)C1COCC1C(=O)O. The Hall–Kier alpha value is -1.14. The Morgan fingerprint density at radius 1 is 1.42 bits per heavy atom. The highest BCUT2D eigenvalue weighted by atomic mass is 16.5. The van der Waals surface area contributed by atoms with Crippen molar-refractivity contribution in [2.75, 3.05) is 32.8 Å². The zero-order valence-electron chi connectivity index (χ0n) is 11.3. The van der Waals surface area contributed by atoms with E-state index in [0.717, 1.165) is 19.4 Å². The van der Waals surface area contributed by atoms with Gasteiger partial charge in [0.15, 0.2) is 0 Å². The fourth-order valence-electron chi connectivity index (χ4n) is 2.94. The number of likely N-dealkylation sites (N-methyl/N-ethyl adjacent to an activating group) is 1. The number of carbonyl (C=O) groups is 2. The van der Waals surface area contributed by atoms with Crippen LogP contribution in [0.2, 0.25) is 0 Å². The Labute approximate surface area is 113 Å². The first-order valence-electron chi connectivity index (χ1n) is 6.97. The first kappa shape index (κ1) is 14.3. The van der Waals surface area contributed by atoms with Crippen LogP contribution in [0.15, 0.2) is 0 Å². The lowest BCUT2D eigenvalue weighted by Crippen LogP contribution is -2.51. The number of amides is 1. The van der Waals surface area contributed by atoms with Crippen LogP contribution < -0.4 is 5.32 Å². The Balaban J connectivity index is 2.05. The van der Waals surface area contributed by atoms with Crippen LogP contribution in [0.1, 0.15) is 19.8 Å². The molecule has 0 radical (unpaired) electrons. The third kappa shape index (κ3) is 3.06. The molecule has 2 fully saturated rings. The molecule has 6 nitrogen and oxygen atoms in total. The second kappa shape index (κ2) is 6.34. The number of hydrogen-bond donors (Lipinski definition) is 2. The van der Waals surface area contributed by atoms with Gasteiger partial charge in [-0.25, -0.2) is 0 Å². The lowest BCUT2D eigenvalue weighted by atomic mass is 9.95. The van der Waals surface area contributed by atoms with E-state index in [9.17, 15) is 14.7 Å². The van der Waals surface area contributed by atoms with E-state index in [4.69, 9.17) is 4.74 Å². The molecule has 2 aliphatic rings. The first-order valence-corrected chi connectivity index (χ1v) is 6.97. The second-order valence-electron chi connectivity index (χ2n) is 5.22. The number of aliphatic carboxylic acids is 1. The maximum atomic E-state index is 12.5. The first-order chi connectivity index (χ1) is 9.15. The molecule has 0 aromatic carbocycles. The van der Waals surface area contributed by atoms with Gasteiger partial charge in [-0.2, -0.15) is 0 Å². The third-order valence-corrected chi connectivity index (χ3v) is 4.04. The minimum Gasteiger partial charge on any atom is -0.481 e. The Morgan fingerprint density at radius 2 is 2.21 bits per heavy atom. The van der Waals surface area contributed by atoms with Gasteiger partial charge in [0.25, 0.3) is 0 Å². The van der Waals surface area contributed by atoms with Gasteiger partial charge in [-0.1, -0.05) is 0 Å². The summed E-state index contributed by atoms with van der Waals surface area (Å²) in [6, 6.07) is -0.322. The lowest BCUT2D eigenvalue weighted by molar-refractivity contribution is -0.146. The molecule has 0 aliphatic carbocycles. The van der Waals surface area contributed by atoms with E-state index < -0.39 is 11.9 Å². The smallest absolute Gasteiger partial charge is 0.311 e. The van der Waals surface area contributed by atoms with Crippen LogP contribution in [0.25, 0.3) is 0 Å². The summed E-state index contributed by atoms with van der Waals surface area (Å²) in [4.78, 5) is 25.4. The number of nitrogens with one attached hydrogen (secondary N) is 1. The normalized spacial score (nSPS) is 31.1. The highest BCUT2D eigenvalue weighted by Crippen LogP contribution is 2.23. The monoisotopic (exact) mass is 270 g/mol. The number of carbonyl (C=O) groups excluding carboxylic acids is 1. The van der Waals surface area contributed by atoms with Crippen LogP contribution in [0.5, 0.6) is 0 Å². The molecular weight excluding hydrogens is 248 g/mol. The molecule has 2 unspecified atom stereocenters. The summed E-state index contributed by atoms with van der Waals surface area (Å²) >= 11 is 0. The summed E-state index contributed by atoms with van der Waals surface area (Å²) < 4.78 is 5.26. The lowest BCUT2D eigenvalue weighted by Gasteiger charge is -2.34. The van der Waals surface area contributed by atoms with Gasteiger partial charge in [-0.3, -0.25) is 9.59 Å². The van der Waals surface area contributed by atoms with E-state index in [2.05, 4.69) is 5.32 Å². The number of piperidine rings is 1. The van der Waals surface area contributed by atoms with Gasteiger partial charge in [-0.05, 0) is 26.3 Å². The van der Waals surface area contributed by atoms with Crippen LogP contribution in [-0.4, -0.2) is 60.8 Å². The van der Waals surface area contributed by atoms with E-state index in [-0.39, 0.29) is 24.5 Å². The number of hydrogen-bond acceptors (Lipinski definition) is 4. The predicted molar refractivity (Wildman–Crippen MR) is 68.7 cm³/mol. The molecule has 3 atom stereocenters. The van der Waals surface area contributed by atoms with Crippen LogP contribution in [0, 0.1) is 11.8 Å². The molecule has 2 saturated heterocycles. The molecule has 0 spiro atoms. The Bertz CT molecular complexity index is 342. The van der Waals surface area contributed by atoms with Gasteiger partial charge >= 0.3 is 5.97 Å². The summed E-state index contributed by atoms with van der Waals surface area (Å²) in [6.07, 6.45) is 1.88. The summed E-state index contributed by atoms with van der Waals surface area (Å²) in [6.45, 7) is 4.61. The highest BCUT2D eigenvalue weighted by molar-refractivity contribution is 5.81. The number of nitrogens with zero attached hydrogens (tertiary/aromatic N) is 1. The van der Waals surface area contributed by atoms with Crippen molar-refractivity contribution in [3.63, 3.8) is 0 Å². The van der Waals surface area contributed by atoms with E-state index >= 15 is 0 Å². The second-order valence-corrected chi connectivity index (χ2v) is 5.22. The van der Waals surface area contributed by atoms with Gasteiger partial charge in [0.05, 0.1) is 25.2 Å². The van der Waals surface area contributed by atoms with Crippen LogP contribution in [-0.2, 0) is 14.3 Å². The number of carboxylic acid groups (broad SMARTS) is 1. The molecule has 0 aromatic rings. The van der Waals surface area contributed by atoms with Crippen molar-refractivity contribution in [2.45, 2.75) is 25.8 Å². The van der Waals surface area contributed by atoms with Crippen molar-refractivity contribution in [1.29, 1.82) is 0 Å². The predicted octanol–water partition coefficient (Wildman–Crippen LogP) is -0.0659. The van der Waals surface area contributed by atoms with Crippen molar-refractivity contribution in [3.8, 4) is 0 Å². The number of ether oxygens (including phenoxy) is 1. The molecule has 1 amide bonds. The molecule has 2 N–H and O–H groups in total. The standard InChI is InChI=1S/C13H22N2O4/c1-2-15(11-8-19-7-10(11)13(17)18)12(16)9-4-3-5-14-6-9/h9-11,14H,2-8H2,1H3,(H,17,18)/t9-,10?,11?/m0/s1. The van der Waals surface area contributed by atoms with Crippen molar-refractivity contribution < 1.29 is 19.4 Å². The maximum Gasteiger partial charge on any atom is 0.311 e. The summed E-state index contributed by atoms with van der Waals surface area (Å²) in [5.41, 5.74) is 0. The fourth-order valence-corrected chi connectivity index (χ4v) is 2.94. The molecule has 0 saturated carbocycles. The summed E-state index contributed by atoms with van der Waals surface area (Å²) in [5, 5.41) is 12.4. The molecule has 0 aromatic heterocycles. The quantitative estimate of drug-likeness (QED) is 0.748. The summed E-state index contributed by atoms with van der Waals surface area (Å²) in [5.74, 6) is -1.43. The Morgan fingerprint density at radius 3 is 2.79 bits per heavy atom. The molecule has 2 heterocycles. The fraction of sp³-hybridized carbons (Fsp3) is 0.846. The molecular formula is C13H22N2O4. The van der Waals surface area contributed by atoms with Gasteiger partial charge in [-0.15, -0.1) is 0 Å². The van der Waals surface area contributed by atoms with Crippen molar-refractivity contribution in [2.24, 2.45) is 11.8 Å². The molecule has 2 aliphatic heterocycles. The molecule has 6 heteroatoms. The van der Waals surface area contributed by atoms with Crippen LogP contribution in [0.4, 0.5) is 0 Å². The topological polar surface area (TPSA) is 78.9 Å². The minimum absolute atomic E-state index is 0.0243. The van der Waals surface area contributed by atoms with Crippen LogP contribution >= 0.6 is 0 Å².